The monoisotopic (exact) mass is 958 g/mol. The highest BCUT2D eigenvalue weighted by Gasteiger charge is 2.50. The molecular formula is C52H62N8O8S. The molecule has 16 nitrogen and oxygen atoms in total. The number of benzene rings is 3. The number of fused-ring (bicyclic) bond motifs is 3. The molecule has 69 heavy (non-hydrogen) atoms. The predicted octanol–water partition coefficient (Wildman–Crippen LogP) is 8.61. The fourth-order valence-electron chi connectivity index (χ4n) is 12.1. The number of rotatable bonds is 11. The first-order valence-electron chi connectivity index (χ1n) is 24.7. The van der Waals surface area contributed by atoms with Crippen molar-refractivity contribution in [3.05, 3.63) is 106 Å². The van der Waals surface area contributed by atoms with E-state index < -0.39 is 37.5 Å². The molecule has 364 valence electrons. The number of piperidine rings is 1. The minimum absolute atomic E-state index is 0.0857. The quantitative estimate of drug-likeness (QED) is 0.0846. The number of nitrogens with one attached hydrogen (secondary N) is 3. The molecule has 5 aromatic rings. The van der Waals surface area contributed by atoms with E-state index in [-0.39, 0.29) is 34.0 Å². The van der Waals surface area contributed by atoms with Crippen LogP contribution in [0.1, 0.15) is 99.7 Å². The molecule has 7 heterocycles. The highest BCUT2D eigenvalue weighted by atomic mass is 32.2. The second-order valence-corrected chi connectivity index (χ2v) is 22.8. The number of aromatic nitrogens is 2. The molecule has 1 spiro atoms. The van der Waals surface area contributed by atoms with Crippen molar-refractivity contribution < 1.29 is 32.3 Å². The molecule has 11 rings (SSSR count). The minimum atomic E-state index is -4.59. The van der Waals surface area contributed by atoms with Crippen LogP contribution in [0.3, 0.4) is 0 Å². The number of pyridine rings is 1. The van der Waals surface area contributed by atoms with Crippen LogP contribution in [0, 0.1) is 21.4 Å². The molecule has 17 heteroatoms. The number of nitro groups is 1. The number of carbonyl (C=O) groups is 1. The molecule has 0 unspecified atom stereocenters. The van der Waals surface area contributed by atoms with Crippen molar-refractivity contribution in [3.8, 4) is 5.88 Å². The number of nitro benzene ring substituents is 1. The molecule has 1 aliphatic carbocycles. The summed E-state index contributed by atoms with van der Waals surface area (Å²) >= 11 is 0. The molecule has 3 aromatic carbocycles. The zero-order valence-corrected chi connectivity index (χ0v) is 40.4. The van der Waals surface area contributed by atoms with Gasteiger partial charge in [-0.3, -0.25) is 19.8 Å². The lowest BCUT2D eigenvalue weighted by Crippen LogP contribution is -2.55. The molecule has 6 aliphatic rings. The fraction of sp³-hybridized carbons (Fsp3) is 0.500. The van der Waals surface area contributed by atoms with Gasteiger partial charge in [-0.2, -0.15) is 4.98 Å². The van der Waals surface area contributed by atoms with E-state index in [1.807, 2.05) is 35.4 Å². The third kappa shape index (κ3) is 8.69. The second kappa shape index (κ2) is 17.9. The van der Waals surface area contributed by atoms with Crippen LogP contribution in [0.25, 0.3) is 11.0 Å². The Morgan fingerprint density at radius 3 is 2.52 bits per heavy atom. The van der Waals surface area contributed by atoms with Gasteiger partial charge in [0.25, 0.3) is 21.6 Å². The number of anilines is 4. The lowest BCUT2D eigenvalue weighted by Gasteiger charge is -2.56. The van der Waals surface area contributed by atoms with Gasteiger partial charge in [-0.15, -0.1) is 0 Å². The number of nitrogens with zero attached hydrogens (tertiary/aromatic N) is 5. The van der Waals surface area contributed by atoms with E-state index in [9.17, 15) is 23.3 Å². The molecule has 1 saturated carbocycles. The molecule has 5 fully saturated rings. The lowest BCUT2D eigenvalue weighted by molar-refractivity contribution is -0.384. The van der Waals surface area contributed by atoms with Gasteiger partial charge in [-0.25, -0.2) is 13.1 Å². The topological polar surface area (TPSA) is 184 Å². The van der Waals surface area contributed by atoms with Crippen molar-refractivity contribution >= 4 is 55.4 Å². The van der Waals surface area contributed by atoms with Crippen molar-refractivity contribution in [1.29, 1.82) is 0 Å². The first-order chi connectivity index (χ1) is 33.2. The smallest absolute Gasteiger partial charge is 0.293 e. The van der Waals surface area contributed by atoms with Crippen LogP contribution in [-0.2, 0) is 24.9 Å². The van der Waals surface area contributed by atoms with Gasteiger partial charge in [0.15, 0.2) is 0 Å². The number of carbonyl (C=O) groups excluding carboxylic acids is 1. The molecule has 2 aromatic heterocycles. The van der Waals surface area contributed by atoms with Gasteiger partial charge in [-0.05, 0) is 128 Å². The van der Waals surface area contributed by atoms with Gasteiger partial charge in [0, 0.05) is 68.3 Å². The predicted molar refractivity (Wildman–Crippen MR) is 264 cm³/mol. The van der Waals surface area contributed by atoms with Crippen LogP contribution in [0.5, 0.6) is 5.88 Å². The Morgan fingerprint density at radius 2 is 1.74 bits per heavy atom. The van der Waals surface area contributed by atoms with Crippen LogP contribution >= 0.6 is 0 Å². The Balaban J connectivity index is 0.863. The van der Waals surface area contributed by atoms with E-state index in [0.29, 0.717) is 68.0 Å². The van der Waals surface area contributed by atoms with Crippen molar-refractivity contribution in [3.63, 3.8) is 0 Å². The third-order valence-electron chi connectivity index (χ3n) is 15.9. The third-order valence-corrected chi connectivity index (χ3v) is 17.2. The Bertz CT molecular complexity index is 2880. The summed E-state index contributed by atoms with van der Waals surface area (Å²) in [6.07, 6.45) is 9.98. The van der Waals surface area contributed by atoms with Crippen molar-refractivity contribution in [2.75, 3.05) is 67.7 Å². The van der Waals surface area contributed by atoms with E-state index in [4.69, 9.17) is 19.2 Å². The average molecular weight is 959 g/mol. The van der Waals surface area contributed by atoms with Crippen LogP contribution in [0.2, 0.25) is 0 Å². The zero-order valence-electron chi connectivity index (χ0n) is 39.6. The maximum Gasteiger partial charge on any atom is 0.293 e. The van der Waals surface area contributed by atoms with Crippen LogP contribution in [0.15, 0.2) is 83.9 Å². The van der Waals surface area contributed by atoms with Gasteiger partial charge in [0.2, 0.25) is 5.88 Å². The Morgan fingerprint density at radius 1 is 0.942 bits per heavy atom. The number of likely N-dealkylation sites (tertiary alicyclic amines) is 1. The van der Waals surface area contributed by atoms with E-state index in [1.165, 1.54) is 48.9 Å². The van der Waals surface area contributed by atoms with Crippen LogP contribution < -0.4 is 24.6 Å². The number of hydrogen-bond donors (Lipinski definition) is 3. The number of H-pyrrole nitrogens is 1. The molecule has 0 radical (unpaired) electrons. The highest BCUT2D eigenvalue weighted by Crippen LogP contribution is 2.55. The summed E-state index contributed by atoms with van der Waals surface area (Å²) in [5, 5.41) is 16.3. The number of amides is 1. The minimum Gasteiger partial charge on any atom is -0.468 e. The standard InChI is InChI=1S/C52H62N8O8S/c1-51(2,3)40-8-5-4-7-38(40)42-9-6-20-58(42)36-28-52(29-36)17-21-57(22-18-52)35-10-12-39(43(26-35)59-45-25-34-14-19-53-48(34)55-50(45)68-47-32-67-31-46(47)59)49(61)56-69(64,65)37-11-13-41(44(27-37)60(62)63)54-30-33-15-23-66-24-16-33/h4-5,7-8,10-14,19,25-27,33,36,42,46-47,54H,6,9,15-18,20-24,28-32H2,1-3H3,(H,53,55)(H,56,61)/t42-,46+,47+/m0/s1. The van der Waals surface area contributed by atoms with Gasteiger partial charge >= 0.3 is 0 Å². The van der Waals surface area contributed by atoms with E-state index >= 15 is 0 Å². The van der Waals surface area contributed by atoms with Gasteiger partial charge in [-0.1, -0.05) is 45.0 Å². The van der Waals surface area contributed by atoms with Crippen molar-refractivity contribution in [1.82, 2.24) is 19.6 Å². The van der Waals surface area contributed by atoms with Crippen molar-refractivity contribution in [2.24, 2.45) is 11.3 Å². The maximum atomic E-state index is 14.6. The van der Waals surface area contributed by atoms with E-state index in [1.54, 1.807) is 6.07 Å². The molecule has 3 atom stereocenters. The first-order valence-corrected chi connectivity index (χ1v) is 26.2. The van der Waals surface area contributed by atoms with Crippen LogP contribution in [0.4, 0.5) is 28.4 Å². The average Bonchev–Trinajstić information content (AvgIpc) is 4.13. The summed E-state index contributed by atoms with van der Waals surface area (Å²) in [6, 6.07) is 22.9. The second-order valence-electron chi connectivity index (χ2n) is 21.2. The molecule has 4 saturated heterocycles. The molecular weight excluding hydrogens is 897 g/mol. The summed E-state index contributed by atoms with van der Waals surface area (Å²) in [6.45, 7) is 12.2. The summed E-state index contributed by atoms with van der Waals surface area (Å²) in [4.78, 5) is 41.1. The normalized spacial score (nSPS) is 23.1. The summed E-state index contributed by atoms with van der Waals surface area (Å²) in [7, 11) is -4.59. The Hall–Kier alpha value is -5.75. The summed E-state index contributed by atoms with van der Waals surface area (Å²) < 4.78 is 48.3. The number of ether oxygens (including phenoxy) is 3. The lowest BCUT2D eigenvalue weighted by atomic mass is 9.59. The SMILES string of the molecule is CC(C)(C)c1ccccc1[C@@H]1CCCN1C1CC2(CCN(c3ccc(C(=O)NS(=O)(=O)c4ccc(NCC5CCOCC5)c([N+](=O)[O-])c4)c(N4c5cc6cc[nH]c6nc5O[C@@H]5COC[C@H]54)c3)CC2)C1. The number of hydrogen-bond acceptors (Lipinski definition) is 13. The van der Waals surface area contributed by atoms with E-state index in [2.05, 4.69) is 69.9 Å². The van der Waals surface area contributed by atoms with Gasteiger partial charge in [0.1, 0.15) is 23.1 Å². The first kappa shape index (κ1) is 45.7. The Kier molecular flexibility index (Phi) is 11.8. The van der Waals surface area contributed by atoms with Crippen molar-refractivity contribution in [2.45, 2.75) is 107 Å². The molecule has 0 bridgehead atoms. The summed E-state index contributed by atoms with van der Waals surface area (Å²) in [5.74, 6) is -0.224. The van der Waals surface area contributed by atoms with Gasteiger partial charge in [0.05, 0.1) is 40.3 Å². The number of aromatic amines is 1. The molecule has 3 N–H and O–H groups in total. The zero-order chi connectivity index (χ0) is 47.7. The van der Waals surface area contributed by atoms with Crippen LogP contribution in [-0.4, -0.2) is 105 Å². The summed E-state index contributed by atoms with van der Waals surface area (Å²) in [5.41, 5.74) is 5.92. The molecule has 5 aliphatic heterocycles. The maximum absolute atomic E-state index is 14.6. The van der Waals surface area contributed by atoms with Gasteiger partial charge < -0.3 is 34.3 Å². The number of sulfonamides is 1. The fourth-order valence-corrected chi connectivity index (χ4v) is 13.1. The Labute approximate surface area is 403 Å². The largest absolute Gasteiger partial charge is 0.468 e. The highest BCUT2D eigenvalue weighted by molar-refractivity contribution is 7.90. The van der Waals surface area contributed by atoms with E-state index in [0.717, 1.165) is 62.5 Å². The molecule has 1 amide bonds.